The Kier molecular flexibility index (Phi) is 11.0. The number of carbonyl (C=O) groups is 1. The number of carbonyl (C=O) groups excluding carboxylic acids is 1. The van der Waals surface area contributed by atoms with Gasteiger partial charge in [0, 0.05) is 50.9 Å². The number of aliphatic imine (C=N–C) groups is 1. The first-order valence-electron chi connectivity index (χ1n) is 9.86. The van der Waals surface area contributed by atoms with Crippen LogP contribution < -0.4 is 16.0 Å². The molecule has 0 bridgehead atoms. The third kappa shape index (κ3) is 8.81. The quantitative estimate of drug-likeness (QED) is 0.208. The minimum Gasteiger partial charge on any atom is -0.379 e. The summed E-state index contributed by atoms with van der Waals surface area (Å²) in [5, 5.41) is 9.07. The fraction of sp³-hybridized carbons (Fsp3) is 0.600. The van der Waals surface area contributed by atoms with Crippen molar-refractivity contribution < 1.29 is 22.7 Å². The van der Waals surface area contributed by atoms with Crippen LogP contribution in [0.25, 0.3) is 0 Å². The molecule has 1 fully saturated rings. The molecule has 0 aliphatic carbocycles. The van der Waals surface area contributed by atoms with E-state index in [0.717, 1.165) is 38.4 Å². The standard InChI is InChI=1S/C20H30F3N5O2.HI/c1-19(2,28-10-12-30-13-11-28)14-27-18(24-3)26-9-8-25-17(29)15-4-6-16(7-5-15)20(21,22)23;/h4-7H,8-14H2,1-3H3,(H,25,29)(H2,24,26,27);1H. The predicted molar refractivity (Wildman–Crippen MR) is 125 cm³/mol. The number of hydrogen-bond acceptors (Lipinski definition) is 4. The minimum atomic E-state index is -4.42. The molecule has 7 nitrogen and oxygen atoms in total. The van der Waals surface area contributed by atoms with Gasteiger partial charge in [-0.15, -0.1) is 24.0 Å². The molecular weight excluding hydrogens is 526 g/mol. The highest BCUT2D eigenvalue weighted by molar-refractivity contribution is 14.0. The number of benzene rings is 1. The van der Waals surface area contributed by atoms with Crippen molar-refractivity contribution in [3.8, 4) is 0 Å². The summed E-state index contributed by atoms with van der Waals surface area (Å²) >= 11 is 0. The summed E-state index contributed by atoms with van der Waals surface area (Å²) in [6, 6.07) is 4.13. The molecule has 2 rings (SSSR count). The molecule has 1 aromatic rings. The molecule has 3 N–H and O–H groups in total. The first-order valence-corrected chi connectivity index (χ1v) is 9.86. The minimum absolute atomic E-state index is 0. The zero-order chi connectivity index (χ0) is 22.2. The van der Waals surface area contributed by atoms with E-state index in [2.05, 4.69) is 39.7 Å². The van der Waals surface area contributed by atoms with Crippen LogP contribution in [-0.4, -0.2) is 75.3 Å². The van der Waals surface area contributed by atoms with Crippen molar-refractivity contribution >= 4 is 35.8 Å². The lowest BCUT2D eigenvalue weighted by molar-refractivity contribution is -0.137. The first kappa shape index (κ1) is 27.4. The van der Waals surface area contributed by atoms with Gasteiger partial charge in [0.1, 0.15) is 0 Å². The molecule has 1 aliphatic heterocycles. The zero-order valence-electron chi connectivity index (χ0n) is 18.0. The van der Waals surface area contributed by atoms with Gasteiger partial charge in [-0.1, -0.05) is 0 Å². The van der Waals surface area contributed by atoms with E-state index >= 15 is 0 Å². The van der Waals surface area contributed by atoms with Gasteiger partial charge in [0.05, 0.1) is 18.8 Å². The highest BCUT2D eigenvalue weighted by Gasteiger charge is 2.30. The van der Waals surface area contributed by atoms with Crippen LogP contribution in [0.15, 0.2) is 29.3 Å². The number of ether oxygens (including phenoxy) is 1. The maximum atomic E-state index is 12.6. The molecule has 176 valence electrons. The van der Waals surface area contributed by atoms with Gasteiger partial charge in [0.2, 0.25) is 0 Å². The lowest BCUT2D eigenvalue weighted by atomic mass is 10.0. The second-order valence-electron chi connectivity index (χ2n) is 7.60. The second kappa shape index (κ2) is 12.4. The fourth-order valence-corrected chi connectivity index (χ4v) is 3.07. The molecule has 0 saturated carbocycles. The van der Waals surface area contributed by atoms with E-state index in [-0.39, 0.29) is 35.1 Å². The van der Waals surface area contributed by atoms with Crippen molar-refractivity contribution in [3.63, 3.8) is 0 Å². The molecule has 11 heteroatoms. The highest BCUT2D eigenvalue weighted by Crippen LogP contribution is 2.29. The molecule has 31 heavy (non-hydrogen) atoms. The second-order valence-corrected chi connectivity index (χ2v) is 7.60. The molecule has 1 aromatic carbocycles. The summed E-state index contributed by atoms with van der Waals surface area (Å²) in [5.74, 6) is 0.182. The number of morpholine rings is 1. The summed E-state index contributed by atoms with van der Waals surface area (Å²) in [7, 11) is 1.66. The number of amides is 1. The molecule has 0 radical (unpaired) electrons. The topological polar surface area (TPSA) is 78.0 Å². The fourth-order valence-electron chi connectivity index (χ4n) is 3.07. The monoisotopic (exact) mass is 557 g/mol. The van der Waals surface area contributed by atoms with Gasteiger partial charge in [-0.05, 0) is 38.1 Å². The van der Waals surface area contributed by atoms with E-state index in [0.29, 0.717) is 25.6 Å². The molecule has 1 amide bonds. The molecule has 0 aromatic heterocycles. The SMILES string of the molecule is CN=C(NCCNC(=O)c1ccc(C(F)(F)F)cc1)NCC(C)(C)N1CCOCC1.I. The Hall–Kier alpha value is -1.60. The van der Waals surface area contributed by atoms with E-state index in [1.807, 2.05) is 0 Å². The van der Waals surface area contributed by atoms with Crippen molar-refractivity contribution in [2.45, 2.75) is 25.6 Å². The van der Waals surface area contributed by atoms with Gasteiger partial charge in [-0.2, -0.15) is 13.2 Å². The van der Waals surface area contributed by atoms with E-state index in [9.17, 15) is 18.0 Å². The maximum Gasteiger partial charge on any atom is 0.416 e. The van der Waals surface area contributed by atoms with E-state index in [1.165, 1.54) is 12.1 Å². The highest BCUT2D eigenvalue weighted by atomic mass is 127. The normalized spacial score (nSPS) is 15.7. The Bertz CT molecular complexity index is 721. The maximum absolute atomic E-state index is 12.6. The molecule has 1 aliphatic rings. The Morgan fingerprint density at radius 3 is 2.19 bits per heavy atom. The van der Waals surface area contributed by atoms with Gasteiger partial charge in [0.25, 0.3) is 5.91 Å². The summed E-state index contributed by atoms with van der Waals surface area (Å²) in [6.07, 6.45) is -4.42. The molecule has 0 unspecified atom stereocenters. The number of nitrogens with one attached hydrogen (secondary N) is 3. The van der Waals surface area contributed by atoms with Crippen LogP contribution in [0.3, 0.4) is 0 Å². The van der Waals surface area contributed by atoms with E-state index in [1.54, 1.807) is 7.05 Å². The van der Waals surface area contributed by atoms with Gasteiger partial charge in [0.15, 0.2) is 5.96 Å². The summed E-state index contributed by atoms with van der Waals surface area (Å²) in [6.45, 7) is 8.95. The summed E-state index contributed by atoms with van der Waals surface area (Å²) < 4.78 is 43.2. The average molecular weight is 557 g/mol. The number of guanidine groups is 1. The number of rotatable bonds is 7. The predicted octanol–water partition coefficient (Wildman–Crippen LogP) is 2.33. The van der Waals surface area contributed by atoms with Crippen LogP contribution in [-0.2, 0) is 10.9 Å². The lowest BCUT2D eigenvalue weighted by Crippen LogP contribution is -2.56. The van der Waals surface area contributed by atoms with Gasteiger partial charge in [-0.3, -0.25) is 14.7 Å². The van der Waals surface area contributed by atoms with Crippen molar-refractivity contribution in [1.82, 2.24) is 20.9 Å². The van der Waals surface area contributed by atoms with Crippen LogP contribution in [0, 0.1) is 0 Å². The Labute approximate surface area is 198 Å². The van der Waals surface area contributed by atoms with Crippen LogP contribution in [0.5, 0.6) is 0 Å². The van der Waals surface area contributed by atoms with Crippen molar-refractivity contribution in [1.29, 1.82) is 0 Å². The molecule has 1 heterocycles. The summed E-state index contributed by atoms with van der Waals surface area (Å²) in [4.78, 5) is 18.6. The van der Waals surface area contributed by atoms with Gasteiger partial charge < -0.3 is 20.7 Å². The average Bonchev–Trinajstić information content (AvgIpc) is 2.73. The van der Waals surface area contributed by atoms with Crippen LogP contribution in [0.2, 0.25) is 0 Å². The number of nitrogens with zero attached hydrogens (tertiary/aromatic N) is 2. The lowest BCUT2D eigenvalue weighted by Gasteiger charge is -2.41. The smallest absolute Gasteiger partial charge is 0.379 e. The molecule has 1 saturated heterocycles. The van der Waals surface area contributed by atoms with E-state index in [4.69, 9.17) is 4.74 Å². The van der Waals surface area contributed by atoms with Crippen molar-refractivity contribution in [2.24, 2.45) is 4.99 Å². The van der Waals surface area contributed by atoms with Crippen LogP contribution >= 0.6 is 24.0 Å². The number of halogens is 4. The largest absolute Gasteiger partial charge is 0.416 e. The first-order chi connectivity index (χ1) is 14.1. The van der Waals surface area contributed by atoms with Crippen molar-refractivity contribution in [3.05, 3.63) is 35.4 Å². The third-order valence-electron chi connectivity index (χ3n) is 4.96. The van der Waals surface area contributed by atoms with Crippen LogP contribution in [0.4, 0.5) is 13.2 Å². The Balaban J connectivity index is 0.00000480. The third-order valence-corrected chi connectivity index (χ3v) is 4.96. The summed E-state index contributed by atoms with van der Waals surface area (Å²) in [5.41, 5.74) is -0.675. The van der Waals surface area contributed by atoms with Gasteiger partial charge in [-0.25, -0.2) is 0 Å². The molecule has 0 spiro atoms. The van der Waals surface area contributed by atoms with Crippen molar-refractivity contribution in [2.75, 3.05) is 53.0 Å². The van der Waals surface area contributed by atoms with Crippen LogP contribution in [0.1, 0.15) is 29.8 Å². The van der Waals surface area contributed by atoms with Gasteiger partial charge >= 0.3 is 6.18 Å². The molecular formula is C20H31F3IN5O2. The number of alkyl halides is 3. The zero-order valence-corrected chi connectivity index (χ0v) is 20.3. The Morgan fingerprint density at radius 2 is 1.65 bits per heavy atom. The Morgan fingerprint density at radius 1 is 1.06 bits per heavy atom. The molecule has 0 atom stereocenters. The number of hydrogen-bond donors (Lipinski definition) is 3. The van der Waals surface area contributed by atoms with E-state index < -0.39 is 17.6 Å².